The van der Waals surface area contributed by atoms with Crippen molar-refractivity contribution in [3.05, 3.63) is 0 Å². The number of hydrogen-bond donors (Lipinski definition) is 2. The molecule has 0 aromatic heterocycles. The molecule has 2 N–H and O–H groups in total. The molecule has 1 aliphatic heterocycles. The van der Waals surface area contributed by atoms with Crippen LogP contribution in [0.2, 0.25) is 0 Å². The number of urea groups is 1. The van der Waals surface area contributed by atoms with Crippen LogP contribution in [0.15, 0.2) is 0 Å². The number of carboxylic acids is 1. The fraction of sp³-hybridized carbons (Fsp3) is 0.833. The zero-order chi connectivity index (χ0) is 13.3. The monoisotopic (exact) mass is 272 g/mol. The Hall–Kier alpha value is -0.910. The number of rotatable bonds is 3. The average Bonchev–Trinajstić information content (AvgIpc) is 2.85. The fourth-order valence-corrected chi connectivity index (χ4v) is 3.30. The third kappa shape index (κ3) is 3.10. The van der Waals surface area contributed by atoms with Crippen LogP contribution in [0.1, 0.15) is 26.7 Å². The Morgan fingerprint density at radius 1 is 1.50 bits per heavy atom. The molecule has 0 aromatic rings. The molecule has 1 saturated heterocycles. The van der Waals surface area contributed by atoms with Gasteiger partial charge in [0.2, 0.25) is 0 Å². The smallest absolute Gasteiger partial charge is 0.317 e. The first kappa shape index (κ1) is 13.5. The molecule has 1 aliphatic carbocycles. The lowest BCUT2D eigenvalue weighted by atomic mass is 10.2. The van der Waals surface area contributed by atoms with Gasteiger partial charge in [0.05, 0.1) is 12.5 Å². The molecule has 6 heteroatoms. The molecule has 1 heterocycles. The minimum atomic E-state index is -0.841. The summed E-state index contributed by atoms with van der Waals surface area (Å²) in [6.45, 7) is 4.89. The van der Waals surface area contributed by atoms with E-state index in [1.807, 2.05) is 0 Å². The summed E-state index contributed by atoms with van der Waals surface area (Å²) in [6, 6.07) is -0.0368. The zero-order valence-electron chi connectivity index (χ0n) is 10.8. The van der Waals surface area contributed by atoms with Gasteiger partial charge in [-0.05, 0) is 11.8 Å². The van der Waals surface area contributed by atoms with E-state index < -0.39 is 5.97 Å². The lowest BCUT2D eigenvalue weighted by Crippen LogP contribution is -2.52. The van der Waals surface area contributed by atoms with Crippen molar-refractivity contribution in [1.82, 2.24) is 10.2 Å². The van der Waals surface area contributed by atoms with E-state index in [9.17, 15) is 9.59 Å². The maximum atomic E-state index is 12.1. The number of amides is 2. The molecule has 5 nitrogen and oxygen atoms in total. The lowest BCUT2D eigenvalue weighted by molar-refractivity contribution is -0.137. The van der Waals surface area contributed by atoms with Crippen LogP contribution in [-0.2, 0) is 4.79 Å². The van der Waals surface area contributed by atoms with E-state index >= 15 is 0 Å². The first-order valence-corrected chi connectivity index (χ1v) is 7.42. The maximum Gasteiger partial charge on any atom is 0.317 e. The highest BCUT2D eigenvalue weighted by Crippen LogP contribution is 2.44. The molecule has 0 aromatic carbocycles. The summed E-state index contributed by atoms with van der Waals surface area (Å²) >= 11 is 1.72. The predicted octanol–water partition coefficient (Wildman–Crippen LogP) is 1.39. The van der Waals surface area contributed by atoms with Crippen molar-refractivity contribution >= 4 is 23.8 Å². The van der Waals surface area contributed by atoms with Gasteiger partial charge in [-0.2, -0.15) is 11.8 Å². The summed E-state index contributed by atoms with van der Waals surface area (Å²) < 4.78 is 0. The second-order valence-corrected chi connectivity index (χ2v) is 6.86. The topological polar surface area (TPSA) is 69.6 Å². The number of aliphatic carboxylic acids is 1. The maximum absolute atomic E-state index is 12.1. The minimum Gasteiger partial charge on any atom is -0.481 e. The lowest BCUT2D eigenvalue weighted by Gasteiger charge is -2.34. The molecule has 0 bridgehead atoms. The highest BCUT2D eigenvalue weighted by atomic mass is 32.2. The van der Waals surface area contributed by atoms with Crippen LogP contribution in [0, 0.1) is 5.41 Å². The first-order valence-electron chi connectivity index (χ1n) is 6.27. The molecular formula is C12H20N2O3S. The average molecular weight is 272 g/mol. The van der Waals surface area contributed by atoms with Crippen molar-refractivity contribution in [3.8, 4) is 0 Å². The molecule has 2 unspecified atom stereocenters. The van der Waals surface area contributed by atoms with Crippen molar-refractivity contribution < 1.29 is 14.7 Å². The number of carboxylic acid groups (broad SMARTS) is 1. The predicted molar refractivity (Wildman–Crippen MR) is 70.8 cm³/mol. The molecule has 2 amide bonds. The van der Waals surface area contributed by atoms with Crippen LogP contribution in [0.5, 0.6) is 0 Å². The van der Waals surface area contributed by atoms with Crippen LogP contribution in [0.4, 0.5) is 4.79 Å². The van der Waals surface area contributed by atoms with Gasteiger partial charge in [-0.15, -0.1) is 0 Å². The van der Waals surface area contributed by atoms with Gasteiger partial charge < -0.3 is 15.3 Å². The summed E-state index contributed by atoms with van der Waals surface area (Å²) in [6.07, 6.45) is 1.04. The molecule has 18 heavy (non-hydrogen) atoms. The summed E-state index contributed by atoms with van der Waals surface area (Å²) in [5.41, 5.74) is 0.197. The molecule has 2 fully saturated rings. The minimum absolute atomic E-state index is 0.0362. The van der Waals surface area contributed by atoms with Crippen LogP contribution < -0.4 is 5.32 Å². The molecular weight excluding hydrogens is 252 g/mol. The molecule has 0 spiro atoms. The van der Waals surface area contributed by atoms with E-state index in [2.05, 4.69) is 19.2 Å². The Morgan fingerprint density at radius 2 is 2.17 bits per heavy atom. The molecule has 2 aliphatic rings. The van der Waals surface area contributed by atoms with E-state index in [-0.39, 0.29) is 30.0 Å². The largest absolute Gasteiger partial charge is 0.481 e. The number of nitrogens with zero attached hydrogens (tertiary/aromatic N) is 1. The quantitative estimate of drug-likeness (QED) is 0.814. The molecule has 2 rings (SSSR count). The third-order valence-electron chi connectivity index (χ3n) is 3.71. The number of hydrogen-bond acceptors (Lipinski definition) is 3. The van der Waals surface area contributed by atoms with E-state index in [1.165, 1.54) is 0 Å². The third-order valence-corrected chi connectivity index (χ3v) is 4.80. The highest BCUT2D eigenvalue weighted by Gasteiger charge is 2.47. The van der Waals surface area contributed by atoms with Crippen molar-refractivity contribution in [2.45, 2.75) is 38.8 Å². The van der Waals surface area contributed by atoms with Crippen molar-refractivity contribution in [2.75, 3.05) is 18.1 Å². The van der Waals surface area contributed by atoms with Crippen LogP contribution >= 0.6 is 11.8 Å². The Labute approximate surface area is 111 Å². The fourth-order valence-electron chi connectivity index (χ4n) is 2.24. The van der Waals surface area contributed by atoms with Crippen LogP contribution in [0.25, 0.3) is 0 Å². The molecule has 1 saturated carbocycles. The van der Waals surface area contributed by atoms with Gasteiger partial charge in [0.15, 0.2) is 0 Å². The van der Waals surface area contributed by atoms with Gasteiger partial charge in [0, 0.05) is 24.1 Å². The van der Waals surface area contributed by atoms with Crippen molar-refractivity contribution in [2.24, 2.45) is 5.41 Å². The summed E-state index contributed by atoms with van der Waals surface area (Å²) in [5, 5.41) is 11.9. The Bertz CT molecular complexity index is 359. The number of nitrogens with one attached hydrogen (secondary N) is 1. The number of carbonyl (C=O) groups excluding carboxylic acids is 1. The van der Waals surface area contributed by atoms with Gasteiger partial charge in [-0.3, -0.25) is 4.79 Å². The summed E-state index contributed by atoms with van der Waals surface area (Å²) in [4.78, 5) is 24.6. The summed E-state index contributed by atoms with van der Waals surface area (Å²) in [5.74, 6) is 0.762. The normalized spacial score (nSPS) is 29.8. The zero-order valence-corrected chi connectivity index (χ0v) is 11.6. The van der Waals surface area contributed by atoms with Gasteiger partial charge in [0.25, 0.3) is 0 Å². The van der Waals surface area contributed by atoms with E-state index in [0.29, 0.717) is 12.3 Å². The van der Waals surface area contributed by atoms with E-state index in [4.69, 9.17) is 5.11 Å². The van der Waals surface area contributed by atoms with Crippen molar-refractivity contribution in [3.63, 3.8) is 0 Å². The van der Waals surface area contributed by atoms with E-state index in [0.717, 1.165) is 12.2 Å². The van der Waals surface area contributed by atoms with E-state index in [1.54, 1.807) is 16.7 Å². The molecule has 102 valence electrons. The van der Waals surface area contributed by atoms with Crippen LogP contribution in [-0.4, -0.2) is 52.1 Å². The van der Waals surface area contributed by atoms with Crippen molar-refractivity contribution in [1.29, 1.82) is 0 Å². The first-order chi connectivity index (χ1) is 8.40. The number of carbonyl (C=O) groups is 2. The molecule has 2 atom stereocenters. The second kappa shape index (κ2) is 4.99. The van der Waals surface area contributed by atoms with Gasteiger partial charge in [-0.1, -0.05) is 13.8 Å². The highest BCUT2D eigenvalue weighted by molar-refractivity contribution is 7.99. The summed E-state index contributed by atoms with van der Waals surface area (Å²) in [7, 11) is 0. The van der Waals surface area contributed by atoms with Crippen LogP contribution in [0.3, 0.4) is 0 Å². The van der Waals surface area contributed by atoms with Gasteiger partial charge in [0.1, 0.15) is 0 Å². The standard InChI is InChI=1S/C12H20N2O3S/c1-12(2)6-9(12)13-11(17)14-3-4-18-7-8(14)5-10(15)16/h8-9H,3-7H2,1-2H3,(H,13,17)(H,15,16). The SMILES string of the molecule is CC1(C)CC1NC(=O)N1CCSCC1CC(=O)O. The van der Waals surface area contributed by atoms with Gasteiger partial charge in [-0.25, -0.2) is 4.79 Å². The Kier molecular flexibility index (Phi) is 3.75. The van der Waals surface area contributed by atoms with Gasteiger partial charge >= 0.3 is 12.0 Å². The Balaban J connectivity index is 1.91. The molecule has 0 radical (unpaired) electrons. The number of thioether (sulfide) groups is 1. The second-order valence-electron chi connectivity index (χ2n) is 5.71. The Morgan fingerprint density at radius 3 is 2.72 bits per heavy atom.